The molecule has 1 aliphatic heterocycles. The van der Waals surface area contributed by atoms with Crippen LogP contribution in [-0.2, 0) is 14.3 Å². The molecule has 0 radical (unpaired) electrons. The van der Waals surface area contributed by atoms with Crippen LogP contribution < -0.4 is 0 Å². The molecule has 3 nitrogen and oxygen atoms in total. The molecule has 0 aromatic carbocycles. The third kappa shape index (κ3) is 5.07. The fraction of sp³-hybridized carbons (Fsp3) is 0.929. The first kappa shape index (κ1) is 14.5. The molecule has 1 rings (SSSR count). The van der Waals surface area contributed by atoms with Crippen molar-refractivity contribution in [1.82, 2.24) is 0 Å². The molecule has 17 heavy (non-hydrogen) atoms. The zero-order valence-corrected chi connectivity index (χ0v) is 11.8. The first-order valence-electron chi connectivity index (χ1n) is 6.53. The molecule has 1 unspecified atom stereocenters. The van der Waals surface area contributed by atoms with Gasteiger partial charge in [0.1, 0.15) is 0 Å². The van der Waals surface area contributed by atoms with Crippen molar-refractivity contribution in [3.05, 3.63) is 0 Å². The van der Waals surface area contributed by atoms with Crippen LogP contribution in [0.3, 0.4) is 0 Å². The minimum absolute atomic E-state index is 0.121. The van der Waals surface area contributed by atoms with Crippen molar-refractivity contribution < 1.29 is 14.3 Å². The Bertz CT molecular complexity index is 257. The Hall–Kier alpha value is -0.570. The van der Waals surface area contributed by atoms with Crippen molar-refractivity contribution in [1.29, 1.82) is 0 Å². The normalized spacial score (nSPS) is 22.3. The van der Waals surface area contributed by atoms with Crippen LogP contribution in [0.25, 0.3) is 0 Å². The molecule has 0 spiro atoms. The van der Waals surface area contributed by atoms with Crippen molar-refractivity contribution in [3.8, 4) is 0 Å². The van der Waals surface area contributed by atoms with E-state index in [0.29, 0.717) is 6.61 Å². The summed E-state index contributed by atoms with van der Waals surface area (Å²) in [6, 6.07) is 0. The summed E-state index contributed by atoms with van der Waals surface area (Å²) in [6.45, 7) is 11.0. The second-order valence-corrected chi connectivity index (χ2v) is 6.82. The van der Waals surface area contributed by atoms with E-state index in [-0.39, 0.29) is 17.7 Å². The molecular formula is C14H26O3. The van der Waals surface area contributed by atoms with Gasteiger partial charge in [-0.15, -0.1) is 0 Å². The maximum Gasteiger partial charge on any atom is 0.313 e. The molecule has 1 atom stereocenters. The van der Waals surface area contributed by atoms with Gasteiger partial charge >= 0.3 is 5.97 Å². The lowest BCUT2D eigenvalue weighted by atomic mass is 9.76. The van der Waals surface area contributed by atoms with E-state index in [1.54, 1.807) is 0 Å². The van der Waals surface area contributed by atoms with Gasteiger partial charge in [-0.25, -0.2) is 0 Å². The summed E-state index contributed by atoms with van der Waals surface area (Å²) in [6.07, 6.45) is 3.47. The van der Waals surface area contributed by atoms with Crippen LogP contribution in [0.5, 0.6) is 0 Å². The number of carbonyl (C=O) groups excluding carboxylic acids is 1. The topological polar surface area (TPSA) is 35.5 Å². The van der Waals surface area contributed by atoms with Gasteiger partial charge in [0.05, 0.1) is 12.0 Å². The summed E-state index contributed by atoms with van der Waals surface area (Å²) in [5.41, 5.74) is -0.324. The van der Waals surface area contributed by atoms with Gasteiger partial charge in [-0.05, 0) is 38.5 Å². The van der Waals surface area contributed by atoms with E-state index in [1.807, 2.05) is 13.8 Å². The Kier molecular flexibility index (Phi) is 4.59. The molecule has 0 amide bonds. The van der Waals surface area contributed by atoms with Crippen molar-refractivity contribution in [3.63, 3.8) is 0 Å². The predicted molar refractivity (Wildman–Crippen MR) is 67.5 cm³/mol. The lowest BCUT2D eigenvalue weighted by Crippen LogP contribution is -2.35. The van der Waals surface area contributed by atoms with Crippen LogP contribution in [0.4, 0.5) is 0 Å². The third-order valence-corrected chi connectivity index (χ3v) is 2.90. The second kappa shape index (κ2) is 5.38. The van der Waals surface area contributed by atoms with E-state index >= 15 is 0 Å². The largest absolute Gasteiger partial charge is 0.435 e. The lowest BCUT2D eigenvalue weighted by molar-refractivity contribution is -0.197. The number of rotatable bonds is 3. The van der Waals surface area contributed by atoms with Gasteiger partial charge in [0.2, 0.25) is 6.29 Å². The molecule has 0 bridgehead atoms. The standard InChI is InChI=1S/C14H26O3/c1-13(2,3)10-14(4,5)12(15)17-11-8-6-7-9-16-11/h11H,6-10H2,1-5H3. The molecule has 0 aliphatic carbocycles. The molecule has 1 heterocycles. The maximum atomic E-state index is 12.1. The molecule has 0 N–H and O–H groups in total. The van der Waals surface area contributed by atoms with E-state index in [9.17, 15) is 4.79 Å². The molecular weight excluding hydrogens is 216 g/mol. The molecule has 0 aromatic rings. The second-order valence-electron chi connectivity index (χ2n) is 6.82. The summed E-state index contributed by atoms with van der Waals surface area (Å²) < 4.78 is 10.9. The van der Waals surface area contributed by atoms with Crippen LogP contribution in [0.1, 0.15) is 60.3 Å². The highest BCUT2D eigenvalue weighted by atomic mass is 16.7. The van der Waals surface area contributed by atoms with Gasteiger partial charge < -0.3 is 9.47 Å². The van der Waals surface area contributed by atoms with E-state index in [4.69, 9.17) is 9.47 Å². The number of ether oxygens (including phenoxy) is 2. The van der Waals surface area contributed by atoms with Gasteiger partial charge in [-0.2, -0.15) is 0 Å². The first-order valence-corrected chi connectivity index (χ1v) is 6.53. The molecule has 0 saturated carbocycles. The smallest absolute Gasteiger partial charge is 0.313 e. The van der Waals surface area contributed by atoms with Crippen LogP contribution in [-0.4, -0.2) is 18.9 Å². The molecule has 1 aliphatic rings. The Labute approximate surface area is 105 Å². The quantitative estimate of drug-likeness (QED) is 0.710. The minimum atomic E-state index is -0.445. The molecule has 100 valence electrons. The lowest BCUT2D eigenvalue weighted by Gasteiger charge is -2.32. The SMILES string of the molecule is CC(C)(C)CC(C)(C)C(=O)OC1CCCCO1. The Morgan fingerprint density at radius 1 is 1.24 bits per heavy atom. The number of hydrogen-bond acceptors (Lipinski definition) is 3. The zero-order valence-electron chi connectivity index (χ0n) is 11.8. The van der Waals surface area contributed by atoms with Gasteiger partial charge in [0.25, 0.3) is 0 Å². The monoisotopic (exact) mass is 242 g/mol. The van der Waals surface area contributed by atoms with Crippen molar-refractivity contribution in [2.45, 2.75) is 66.6 Å². The number of esters is 1. The van der Waals surface area contributed by atoms with Crippen LogP contribution >= 0.6 is 0 Å². The molecule has 0 aromatic heterocycles. The van der Waals surface area contributed by atoms with Gasteiger partial charge in [0.15, 0.2) is 0 Å². The Morgan fingerprint density at radius 2 is 1.88 bits per heavy atom. The summed E-state index contributed by atoms with van der Waals surface area (Å²) >= 11 is 0. The number of carbonyl (C=O) groups is 1. The third-order valence-electron chi connectivity index (χ3n) is 2.90. The van der Waals surface area contributed by atoms with E-state index in [1.165, 1.54) is 0 Å². The predicted octanol–water partition coefficient (Wildman–Crippen LogP) is 3.52. The first-order chi connectivity index (χ1) is 7.71. The van der Waals surface area contributed by atoms with Gasteiger partial charge in [-0.1, -0.05) is 20.8 Å². The molecule has 3 heteroatoms. The Morgan fingerprint density at radius 3 is 2.35 bits per heavy atom. The Balaban J connectivity index is 2.49. The summed E-state index contributed by atoms with van der Waals surface area (Å²) in [5, 5.41) is 0. The van der Waals surface area contributed by atoms with Crippen LogP contribution in [0.2, 0.25) is 0 Å². The van der Waals surface area contributed by atoms with Gasteiger partial charge in [0, 0.05) is 6.42 Å². The summed E-state index contributed by atoms with van der Waals surface area (Å²) in [4.78, 5) is 12.1. The molecule has 1 fully saturated rings. The van der Waals surface area contributed by atoms with Crippen LogP contribution in [0.15, 0.2) is 0 Å². The van der Waals surface area contributed by atoms with Crippen molar-refractivity contribution >= 4 is 5.97 Å². The van der Waals surface area contributed by atoms with Crippen molar-refractivity contribution in [2.24, 2.45) is 10.8 Å². The highest BCUT2D eigenvalue weighted by Gasteiger charge is 2.35. The van der Waals surface area contributed by atoms with E-state index in [2.05, 4.69) is 20.8 Å². The fourth-order valence-corrected chi connectivity index (χ4v) is 2.48. The fourth-order valence-electron chi connectivity index (χ4n) is 2.48. The maximum absolute atomic E-state index is 12.1. The minimum Gasteiger partial charge on any atom is -0.435 e. The average Bonchev–Trinajstić information content (AvgIpc) is 2.15. The molecule has 1 saturated heterocycles. The van der Waals surface area contributed by atoms with Gasteiger partial charge in [-0.3, -0.25) is 4.79 Å². The highest BCUT2D eigenvalue weighted by Crippen LogP contribution is 2.34. The van der Waals surface area contributed by atoms with E-state index < -0.39 is 5.41 Å². The zero-order chi connectivity index (χ0) is 13.1. The average molecular weight is 242 g/mol. The van der Waals surface area contributed by atoms with Crippen LogP contribution in [0, 0.1) is 10.8 Å². The summed E-state index contributed by atoms with van der Waals surface area (Å²) in [5.74, 6) is -0.140. The van der Waals surface area contributed by atoms with E-state index in [0.717, 1.165) is 25.7 Å². The van der Waals surface area contributed by atoms with Crippen molar-refractivity contribution in [2.75, 3.05) is 6.61 Å². The summed E-state index contributed by atoms with van der Waals surface area (Å²) in [7, 11) is 0. The highest BCUT2D eigenvalue weighted by molar-refractivity contribution is 5.76. The number of hydrogen-bond donors (Lipinski definition) is 0.